The summed E-state index contributed by atoms with van der Waals surface area (Å²) in [5.74, 6) is -0.569. The average Bonchev–Trinajstić information content (AvgIpc) is 2.54. The first-order chi connectivity index (χ1) is 10.6. The molecule has 0 saturated carbocycles. The van der Waals surface area contributed by atoms with Gasteiger partial charge in [-0.2, -0.15) is 0 Å². The van der Waals surface area contributed by atoms with Gasteiger partial charge >= 0.3 is 0 Å². The Morgan fingerprint density at radius 3 is 1.27 bits per heavy atom. The Morgan fingerprint density at radius 1 is 0.682 bits per heavy atom. The molecule has 22 heavy (non-hydrogen) atoms. The van der Waals surface area contributed by atoms with Crippen LogP contribution in [-0.2, 0) is 0 Å². The van der Waals surface area contributed by atoms with Crippen molar-refractivity contribution in [1.82, 2.24) is 0 Å². The fourth-order valence-electron chi connectivity index (χ4n) is 2.04. The Morgan fingerprint density at radius 2 is 1.00 bits per heavy atom. The molecule has 2 rings (SSSR count). The average molecular weight is 300 g/mol. The molecule has 0 aromatic heterocycles. The molecule has 0 heterocycles. The molecular weight excluding hydrogens is 282 g/mol. The van der Waals surface area contributed by atoms with Gasteiger partial charge in [-0.3, -0.25) is 9.98 Å². The smallest absolute Gasteiger partial charge is 0.123 e. The van der Waals surface area contributed by atoms with Crippen LogP contribution in [0, 0.1) is 11.6 Å². The van der Waals surface area contributed by atoms with Crippen LogP contribution in [0.4, 0.5) is 20.2 Å². The van der Waals surface area contributed by atoms with Crippen molar-refractivity contribution in [3.8, 4) is 0 Å². The second-order valence-electron chi connectivity index (χ2n) is 4.78. The molecule has 0 bridgehead atoms. The van der Waals surface area contributed by atoms with Crippen LogP contribution >= 0.6 is 0 Å². The van der Waals surface area contributed by atoms with E-state index in [2.05, 4.69) is 9.98 Å². The van der Waals surface area contributed by atoms with Crippen LogP contribution in [-0.4, -0.2) is 11.4 Å². The molecular formula is C18H18F2N2. The first-order valence-electron chi connectivity index (χ1n) is 7.29. The molecule has 0 fully saturated rings. The van der Waals surface area contributed by atoms with Gasteiger partial charge in [0.05, 0.1) is 22.8 Å². The van der Waals surface area contributed by atoms with E-state index in [0.29, 0.717) is 24.2 Å². The zero-order chi connectivity index (χ0) is 15.9. The highest BCUT2D eigenvalue weighted by molar-refractivity contribution is 6.43. The monoisotopic (exact) mass is 300 g/mol. The van der Waals surface area contributed by atoms with Gasteiger partial charge in [0.1, 0.15) is 11.6 Å². The summed E-state index contributed by atoms with van der Waals surface area (Å²) in [4.78, 5) is 9.10. The maximum atomic E-state index is 12.9. The van der Waals surface area contributed by atoms with Gasteiger partial charge in [0.2, 0.25) is 0 Å². The molecule has 2 aromatic rings. The molecule has 114 valence electrons. The number of hydrogen-bond donors (Lipinski definition) is 0. The molecule has 0 amide bonds. The van der Waals surface area contributed by atoms with Crippen molar-refractivity contribution in [3.05, 3.63) is 60.2 Å². The van der Waals surface area contributed by atoms with Crippen molar-refractivity contribution in [1.29, 1.82) is 0 Å². The summed E-state index contributed by atoms with van der Waals surface area (Å²) in [5.41, 5.74) is 3.08. The van der Waals surface area contributed by atoms with Gasteiger partial charge < -0.3 is 0 Å². The van der Waals surface area contributed by atoms with Gasteiger partial charge in [-0.25, -0.2) is 8.78 Å². The number of nitrogens with zero attached hydrogens (tertiary/aromatic N) is 2. The molecule has 0 unspecified atom stereocenters. The Balaban J connectivity index is 2.33. The van der Waals surface area contributed by atoms with Gasteiger partial charge in [0.15, 0.2) is 0 Å². The lowest BCUT2D eigenvalue weighted by Crippen LogP contribution is -2.11. The van der Waals surface area contributed by atoms with E-state index in [0.717, 1.165) is 11.4 Å². The lowest BCUT2D eigenvalue weighted by atomic mass is 10.1. The summed E-state index contributed by atoms with van der Waals surface area (Å²) in [5, 5.41) is 0. The molecule has 0 aliphatic carbocycles. The summed E-state index contributed by atoms with van der Waals surface area (Å²) in [7, 11) is 0. The van der Waals surface area contributed by atoms with Gasteiger partial charge in [-0.05, 0) is 61.4 Å². The zero-order valence-corrected chi connectivity index (χ0v) is 12.7. The summed E-state index contributed by atoms with van der Waals surface area (Å²) in [6.07, 6.45) is 1.43. The van der Waals surface area contributed by atoms with E-state index in [9.17, 15) is 8.78 Å². The number of aliphatic imine (C=N–C) groups is 2. The third-order valence-electron chi connectivity index (χ3n) is 3.18. The summed E-state index contributed by atoms with van der Waals surface area (Å²) in [6, 6.07) is 12.1. The predicted molar refractivity (Wildman–Crippen MR) is 87.6 cm³/mol. The highest BCUT2D eigenvalue weighted by atomic mass is 19.1. The van der Waals surface area contributed by atoms with Crippen LogP contribution in [0.25, 0.3) is 0 Å². The van der Waals surface area contributed by atoms with Crippen LogP contribution in [0.5, 0.6) is 0 Å². The van der Waals surface area contributed by atoms with Crippen LogP contribution < -0.4 is 0 Å². The first-order valence-corrected chi connectivity index (χ1v) is 7.29. The lowest BCUT2D eigenvalue weighted by Gasteiger charge is -2.07. The van der Waals surface area contributed by atoms with Gasteiger partial charge in [0.25, 0.3) is 0 Å². The van der Waals surface area contributed by atoms with Crippen LogP contribution in [0.15, 0.2) is 58.5 Å². The minimum absolute atomic E-state index is 0.285. The maximum Gasteiger partial charge on any atom is 0.123 e. The molecule has 0 N–H and O–H groups in total. The van der Waals surface area contributed by atoms with Crippen molar-refractivity contribution in [2.45, 2.75) is 26.7 Å². The number of halogens is 2. The summed E-state index contributed by atoms with van der Waals surface area (Å²) in [6.45, 7) is 4.00. The van der Waals surface area contributed by atoms with E-state index >= 15 is 0 Å². The molecule has 0 aliphatic rings. The largest absolute Gasteiger partial charge is 0.252 e. The summed E-state index contributed by atoms with van der Waals surface area (Å²) < 4.78 is 25.9. The first kappa shape index (κ1) is 16.0. The summed E-state index contributed by atoms with van der Waals surface area (Å²) >= 11 is 0. The van der Waals surface area contributed by atoms with Crippen molar-refractivity contribution in [2.24, 2.45) is 9.98 Å². The predicted octanol–water partition coefficient (Wildman–Crippen LogP) is 5.63. The van der Waals surface area contributed by atoms with Crippen LogP contribution in [0.1, 0.15) is 26.7 Å². The van der Waals surface area contributed by atoms with Gasteiger partial charge in [0, 0.05) is 0 Å². The Labute approximate surface area is 129 Å². The molecule has 4 heteroatoms. The van der Waals surface area contributed by atoms with Gasteiger partial charge in [-0.1, -0.05) is 13.8 Å². The molecule has 0 spiro atoms. The highest BCUT2D eigenvalue weighted by Gasteiger charge is 2.06. The van der Waals surface area contributed by atoms with Crippen molar-refractivity contribution >= 4 is 22.8 Å². The third-order valence-corrected chi connectivity index (χ3v) is 3.18. The molecule has 0 atom stereocenters. The second kappa shape index (κ2) is 7.59. The molecule has 0 radical (unpaired) electrons. The van der Waals surface area contributed by atoms with Crippen LogP contribution in [0.3, 0.4) is 0 Å². The van der Waals surface area contributed by atoms with E-state index in [1.165, 1.54) is 24.3 Å². The Hall–Kier alpha value is -2.36. The second-order valence-corrected chi connectivity index (χ2v) is 4.78. The molecule has 2 nitrogen and oxygen atoms in total. The van der Waals surface area contributed by atoms with E-state index in [1.807, 2.05) is 13.8 Å². The lowest BCUT2D eigenvalue weighted by molar-refractivity contribution is 0.627. The van der Waals surface area contributed by atoms with Crippen molar-refractivity contribution in [2.75, 3.05) is 0 Å². The Kier molecular flexibility index (Phi) is 5.53. The third kappa shape index (κ3) is 4.32. The van der Waals surface area contributed by atoms with E-state index in [-0.39, 0.29) is 11.6 Å². The maximum absolute atomic E-state index is 12.9. The SMILES string of the molecule is CCC(=Nc1ccc(F)cc1)C(CC)=Nc1ccc(F)cc1. The van der Waals surface area contributed by atoms with Crippen molar-refractivity contribution in [3.63, 3.8) is 0 Å². The minimum atomic E-state index is -0.285. The number of benzene rings is 2. The van der Waals surface area contributed by atoms with Crippen LogP contribution in [0.2, 0.25) is 0 Å². The minimum Gasteiger partial charge on any atom is -0.252 e. The number of hydrogen-bond acceptors (Lipinski definition) is 2. The molecule has 0 aliphatic heterocycles. The normalized spacial score (nSPS) is 12.5. The quantitative estimate of drug-likeness (QED) is 0.639. The Bertz CT molecular complexity index is 610. The molecule has 2 aromatic carbocycles. The van der Waals surface area contributed by atoms with E-state index in [4.69, 9.17) is 0 Å². The fourth-order valence-corrected chi connectivity index (χ4v) is 2.04. The fraction of sp³-hybridized carbons (Fsp3) is 0.222. The highest BCUT2D eigenvalue weighted by Crippen LogP contribution is 2.17. The topological polar surface area (TPSA) is 24.7 Å². The number of rotatable bonds is 5. The van der Waals surface area contributed by atoms with Gasteiger partial charge in [-0.15, -0.1) is 0 Å². The molecule has 0 saturated heterocycles. The standard InChI is InChI=1S/C18H18F2N2/c1-3-17(21-15-9-5-13(19)6-10-15)18(4-2)22-16-11-7-14(20)8-12-16/h5-12H,3-4H2,1-2H3. The van der Waals surface area contributed by atoms with E-state index in [1.54, 1.807) is 24.3 Å². The van der Waals surface area contributed by atoms with E-state index < -0.39 is 0 Å². The van der Waals surface area contributed by atoms with Crippen molar-refractivity contribution < 1.29 is 8.78 Å². The zero-order valence-electron chi connectivity index (χ0n) is 12.7.